The molecule has 0 radical (unpaired) electrons. The molecule has 23 heavy (non-hydrogen) atoms. The number of nitrogens with zero attached hydrogens (tertiary/aromatic N) is 1. The molecular weight excluding hydrogens is 321 g/mol. The molecule has 0 aliphatic rings. The van der Waals surface area contributed by atoms with E-state index in [4.69, 9.17) is 5.84 Å². The molecule has 0 aliphatic heterocycles. The van der Waals surface area contributed by atoms with Crippen LogP contribution in [0.3, 0.4) is 0 Å². The fourth-order valence-electron chi connectivity index (χ4n) is 2.05. The van der Waals surface area contributed by atoms with Crippen LogP contribution < -0.4 is 15.6 Å². The third-order valence-electron chi connectivity index (χ3n) is 3.23. The Bertz CT molecular complexity index is 807. The molecule has 0 heterocycles. The van der Waals surface area contributed by atoms with Gasteiger partial charge in [0, 0.05) is 0 Å². The Labute approximate surface area is 133 Å². The number of nitrogens with one attached hydrogen (secondary N) is 1. The van der Waals surface area contributed by atoms with E-state index in [2.05, 4.69) is 0 Å². The summed E-state index contributed by atoms with van der Waals surface area (Å²) in [6.45, 7) is 1.24. The van der Waals surface area contributed by atoms with E-state index in [-0.39, 0.29) is 4.90 Å². The van der Waals surface area contributed by atoms with Crippen LogP contribution >= 0.6 is 0 Å². The Kier molecular flexibility index (Phi) is 4.97. The molecule has 0 atom stereocenters. The van der Waals surface area contributed by atoms with Crippen LogP contribution in [0.4, 0.5) is 10.1 Å². The minimum absolute atomic E-state index is 0.119. The Morgan fingerprint density at radius 1 is 1.17 bits per heavy atom. The summed E-state index contributed by atoms with van der Waals surface area (Å²) in [4.78, 5) is 11.5. The van der Waals surface area contributed by atoms with Gasteiger partial charge in [-0.15, -0.1) is 0 Å². The largest absolute Gasteiger partial charge is 0.293 e. The van der Waals surface area contributed by atoms with Crippen LogP contribution in [0.5, 0.6) is 0 Å². The molecule has 1 amide bonds. The van der Waals surface area contributed by atoms with E-state index in [9.17, 15) is 17.6 Å². The second-order valence-electron chi connectivity index (χ2n) is 4.82. The molecule has 8 heteroatoms. The maximum atomic E-state index is 13.0. The average Bonchev–Trinajstić information content (AvgIpc) is 2.53. The molecular formula is C15H16FN3O3S. The second kappa shape index (κ2) is 6.76. The quantitative estimate of drug-likeness (QED) is 0.489. The van der Waals surface area contributed by atoms with E-state index in [1.807, 2.05) is 5.43 Å². The van der Waals surface area contributed by atoms with Gasteiger partial charge in [-0.1, -0.05) is 18.2 Å². The molecule has 6 nitrogen and oxygen atoms in total. The first-order valence-electron chi connectivity index (χ1n) is 6.69. The molecule has 2 aromatic carbocycles. The number of sulfonamides is 1. The Hall–Kier alpha value is -2.45. The number of hydrazine groups is 1. The summed E-state index contributed by atoms with van der Waals surface area (Å²) >= 11 is 0. The van der Waals surface area contributed by atoms with Gasteiger partial charge in [0.25, 0.3) is 15.9 Å². The molecule has 0 aliphatic carbocycles. The van der Waals surface area contributed by atoms with E-state index < -0.39 is 28.3 Å². The molecule has 0 aromatic heterocycles. The highest BCUT2D eigenvalue weighted by Crippen LogP contribution is 2.26. The SMILES string of the molecule is Cc1ccccc1N(CC(=O)NN)S(=O)(=O)c1ccc(F)cc1. The monoisotopic (exact) mass is 337 g/mol. The van der Waals surface area contributed by atoms with Crippen LogP contribution in [0.25, 0.3) is 0 Å². The van der Waals surface area contributed by atoms with Crippen molar-refractivity contribution >= 4 is 21.6 Å². The summed E-state index contributed by atoms with van der Waals surface area (Å²) in [5, 5.41) is 0. The zero-order chi connectivity index (χ0) is 17.0. The molecule has 2 rings (SSSR count). The van der Waals surface area contributed by atoms with Crippen LogP contribution in [0.1, 0.15) is 5.56 Å². The smallest absolute Gasteiger partial charge is 0.264 e. The van der Waals surface area contributed by atoms with Gasteiger partial charge in [0.15, 0.2) is 0 Å². The number of carbonyl (C=O) groups is 1. The number of anilines is 1. The van der Waals surface area contributed by atoms with Crippen molar-refractivity contribution in [3.63, 3.8) is 0 Å². The zero-order valence-corrected chi connectivity index (χ0v) is 13.2. The molecule has 2 aromatic rings. The lowest BCUT2D eigenvalue weighted by atomic mass is 10.2. The molecule has 0 bridgehead atoms. The number of hydrogen-bond donors (Lipinski definition) is 2. The predicted molar refractivity (Wildman–Crippen MR) is 84.4 cm³/mol. The summed E-state index contributed by atoms with van der Waals surface area (Å²) < 4.78 is 39.6. The van der Waals surface area contributed by atoms with Gasteiger partial charge in [-0.3, -0.25) is 14.5 Å². The van der Waals surface area contributed by atoms with Crippen molar-refractivity contribution < 1.29 is 17.6 Å². The zero-order valence-electron chi connectivity index (χ0n) is 12.4. The molecule has 0 saturated heterocycles. The first-order chi connectivity index (χ1) is 10.9. The Morgan fingerprint density at radius 2 is 1.78 bits per heavy atom. The molecule has 0 spiro atoms. The minimum Gasteiger partial charge on any atom is -0.293 e. The number of aryl methyl sites for hydroxylation is 1. The lowest BCUT2D eigenvalue weighted by Crippen LogP contribution is -2.43. The van der Waals surface area contributed by atoms with Gasteiger partial charge in [0.05, 0.1) is 10.6 Å². The predicted octanol–water partition coefficient (Wildman–Crippen LogP) is 1.32. The highest BCUT2D eigenvalue weighted by atomic mass is 32.2. The van der Waals surface area contributed by atoms with Crippen LogP contribution in [0, 0.1) is 12.7 Å². The average molecular weight is 337 g/mol. The van der Waals surface area contributed by atoms with Crippen LogP contribution in [0.15, 0.2) is 53.4 Å². The van der Waals surface area contributed by atoms with Crippen molar-refractivity contribution in [2.75, 3.05) is 10.8 Å². The summed E-state index contributed by atoms with van der Waals surface area (Å²) in [5.74, 6) is 3.85. The number of nitrogens with two attached hydrogens (primary N) is 1. The van der Waals surface area contributed by atoms with Crippen LogP contribution in [-0.2, 0) is 14.8 Å². The number of halogens is 1. The van der Waals surface area contributed by atoms with Crippen molar-refractivity contribution in [1.82, 2.24) is 5.43 Å². The van der Waals surface area contributed by atoms with E-state index >= 15 is 0 Å². The normalized spacial score (nSPS) is 11.1. The van der Waals surface area contributed by atoms with E-state index in [1.54, 1.807) is 31.2 Å². The van der Waals surface area contributed by atoms with Crippen molar-refractivity contribution in [3.05, 3.63) is 59.9 Å². The minimum atomic E-state index is -4.05. The Balaban J connectivity index is 2.54. The van der Waals surface area contributed by atoms with Gasteiger partial charge < -0.3 is 0 Å². The fourth-order valence-corrected chi connectivity index (χ4v) is 3.54. The summed E-state index contributed by atoms with van der Waals surface area (Å²) in [6, 6.07) is 11.1. The lowest BCUT2D eigenvalue weighted by molar-refractivity contribution is -0.119. The summed E-state index contributed by atoms with van der Waals surface area (Å²) in [6.07, 6.45) is 0. The summed E-state index contributed by atoms with van der Waals surface area (Å²) in [5.41, 5.74) is 2.93. The number of carbonyl (C=O) groups excluding carboxylic acids is 1. The highest BCUT2D eigenvalue weighted by Gasteiger charge is 2.27. The maximum absolute atomic E-state index is 13.0. The molecule has 0 unspecified atom stereocenters. The van der Waals surface area contributed by atoms with Crippen molar-refractivity contribution in [2.45, 2.75) is 11.8 Å². The molecule has 0 fully saturated rings. The van der Waals surface area contributed by atoms with E-state index in [0.29, 0.717) is 11.3 Å². The van der Waals surface area contributed by atoms with Crippen molar-refractivity contribution in [2.24, 2.45) is 5.84 Å². The van der Waals surface area contributed by atoms with Gasteiger partial charge >= 0.3 is 0 Å². The number of benzene rings is 2. The third-order valence-corrected chi connectivity index (χ3v) is 5.01. The number of rotatable bonds is 5. The van der Waals surface area contributed by atoms with Crippen LogP contribution in [0.2, 0.25) is 0 Å². The second-order valence-corrected chi connectivity index (χ2v) is 6.68. The van der Waals surface area contributed by atoms with Gasteiger partial charge in [-0.05, 0) is 42.8 Å². The maximum Gasteiger partial charge on any atom is 0.264 e. The highest BCUT2D eigenvalue weighted by molar-refractivity contribution is 7.92. The first kappa shape index (κ1) is 16.9. The number of amides is 1. The van der Waals surface area contributed by atoms with Crippen molar-refractivity contribution in [3.8, 4) is 0 Å². The number of para-hydroxylation sites is 1. The van der Waals surface area contributed by atoms with Gasteiger partial charge in [-0.25, -0.2) is 18.7 Å². The number of hydrogen-bond acceptors (Lipinski definition) is 4. The standard InChI is InChI=1S/C15H16FN3O3S/c1-11-4-2-3-5-14(11)19(10-15(20)18-17)23(21,22)13-8-6-12(16)7-9-13/h2-9H,10,17H2,1H3,(H,18,20). The fraction of sp³-hybridized carbons (Fsp3) is 0.133. The van der Waals surface area contributed by atoms with Crippen LogP contribution in [-0.4, -0.2) is 20.9 Å². The summed E-state index contributed by atoms with van der Waals surface area (Å²) in [7, 11) is -4.05. The third kappa shape index (κ3) is 3.66. The van der Waals surface area contributed by atoms with E-state index in [0.717, 1.165) is 28.6 Å². The van der Waals surface area contributed by atoms with Gasteiger partial charge in [0.2, 0.25) is 0 Å². The molecule has 3 N–H and O–H groups in total. The topological polar surface area (TPSA) is 92.5 Å². The molecule has 122 valence electrons. The first-order valence-corrected chi connectivity index (χ1v) is 8.13. The molecule has 0 saturated carbocycles. The van der Waals surface area contributed by atoms with Gasteiger partial charge in [-0.2, -0.15) is 0 Å². The van der Waals surface area contributed by atoms with Gasteiger partial charge in [0.1, 0.15) is 12.4 Å². The van der Waals surface area contributed by atoms with E-state index in [1.165, 1.54) is 0 Å². The Morgan fingerprint density at radius 3 is 2.35 bits per heavy atom. The lowest BCUT2D eigenvalue weighted by Gasteiger charge is -2.25. The van der Waals surface area contributed by atoms with Crippen molar-refractivity contribution in [1.29, 1.82) is 0 Å².